The van der Waals surface area contributed by atoms with Gasteiger partial charge in [-0.1, -0.05) is 0 Å². The third kappa shape index (κ3) is 1.65. The summed E-state index contributed by atoms with van der Waals surface area (Å²) >= 11 is 1.51. The highest BCUT2D eigenvalue weighted by atomic mass is 32.1. The molecule has 14 heavy (non-hydrogen) atoms. The first kappa shape index (κ1) is 8.91. The quantitative estimate of drug-likeness (QED) is 0.746. The fourth-order valence-electron chi connectivity index (χ4n) is 1.15. The molecule has 2 aromatic heterocycles. The zero-order valence-electron chi connectivity index (χ0n) is 7.64. The van der Waals surface area contributed by atoms with Crippen LogP contribution in [0.1, 0.15) is 5.01 Å². The molecule has 0 saturated carbocycles. The summed E-state index contributed by atoms with van der Waals surface area (Å²) in [4.78, 5) is 4.33. The number of hydrogen-bond donors (Lipinski definition) is 0. The molecule has 5 heteroatoms. The Balaban J connectivity index is 2.30. The highest BCUT2D eigenvalue weighted by molar-refractivity contribution is 7.10. The van der Waals surface area contributed by atoms with Gasteiger partial charge in [0.25, 0.3) is 0 Å². The van der Waals surface area contributed by atoms with E-state index in [1.54, 1.807) is 10.9 Å². The van der Waals surface area contributed by atoms with Gasteiger partial charge in [-0.25, -0.2) is 4.98 Å². The molecule has 0 fully saturated rings. The second-order valence-corrected chi connectivity index (χ2v) is 3.81. The third-order valence-corrected chi connectivity index (χ3v) is 2.63. The molecular formula is C9H8N4S. The van der Waals surface area contributed by atoms with E-state index < -0.39 is 0 Å². The SMILES string of the molecule is Cn1cc(-c2csc(CC#N)n2)cn1. The van der Waals surface area contributed by atoms with Gasteiger partial charge in [-0.3, -0.25) is 4.68 Å². The average molecular weight is 204 g/mol. The zero-order chi connectivity index (χ0) is 9.97. The smallest absolute Gasteiger partial charge is 0.107 e. The summed E-state index contributed by atoms with van der Waals surface area (Å²) in [5, 5.41) is 15.4. The molecule has 0 aliphatic heterocycles. The van der Waals surface area contributed by atoms with Gasteiger partial charge in [0.1, 0.15) is 5.01 Å². The van der Waals surface area contributed by atoms with Crippen molar-refractivity contribution in [3.05, 3.63) is 22.8 Å². The van der Waals surface area contributed by atoms with Crippen molar-refractivity contribution in [3.8, 4) is 17.3 Å². The van der Waals surface area contributed by atoms with E-state index >= 15 is 0 Å². The number of aromatic nitrogens is 3. The molecule has 0 spiro atoms. The zero-order valence-corrected chi connectivity index (χ0v) is 8.45. The van der Waals surface area contributed by atoms with Gasteiger partial charge >= 0.3 is 0 Å². The minimum absolute atomic E-state index is 0.380. The standard InChI is InChI=1S/C9H8N4S/c1-13-5-7(4-11-13)8-6-14-9(12-8)2-3-10/h4-6H,2H2,1H3. The van der Waals surface area contributed by atoms with E-state index in [0.717, 1.165) is 16.3 Å². The van der Waals surface area contributed by atoms with Crippen molar-refractivity contribution in [1.29, 1.82) is 5.26 Å². The second kappa shape index (κ2) is 3.60. The van der Waals surface area contributed by atoms with Crippen LogP contribution in [0.5, 0.6) is 0 Å². The summed E-state index contributed by atoms with van der Waals surface area (Å²) in [6, 6.07) is 2.08. The first-order valence-corrected chi connectivity index (χ1v) is 4.98. The first-order chi connectivity index (χ1) is 6.79. The maximum absolute atomic E-state index is 8.50. The van der Waals surface area contributed by atoms with E-state index in [4.69, 9.17) is 5.26 Å². The van der Waals surface area contributed by atoms with E-state index in [-0.39, 0.29) is 0 Å². The molecule has 0 amide bonds. The van der Waals surface area contributed by atoms with E-state index in [2.05, 4.69) is 16.2 Å². The van der Waals surface area contributed by atoms with Crippen molar-refractivity contribution in [2.45, 2.75) is 6.42 Å². The molecule has 70 valence electrons. The maximum atomic E-state index is 8.50. The summed E-state index contributed by atoms with van der Waals surface area (Å²) in [5.74, 6) is 0. The highest BCUT2D eigenvalue weighted by Gasteiger charge is 2.05. The normalized spacial score (nSPS) is 10.0. The van der Waals surface area contributed by atoms with Crippen LogP contribution in [0.25, 0.3) is 11.3 Å². The first-order valence-electron chi connectivity index (χ1n) is 4.10. The Bertz CT molecular complexity index is 477. The molecule has 0 radical (unpaired) electrons. The van der Waals surface area contributed by atoms with Gasteiger partial charge in [0.05, 0.1) is 24.4 Å². The van der Waals surface area contributed by atoms with Crippen molar-refractivity contribution in [2.75, 3.05) is 0 Å². The Morgan fingerprint density at radius 1 is 1.64 bits per heavy atom. The Morgan fingerprint density at radius 3 is 3.14 bits per heavy atom. The summed E-state index contributed by atoms with van der Waals surface area (Å²) in [6.07, 6.45) is 4.06. The summed E-state index contributed by atoms with van der Waals surface area (Å²) < 4.78 is 1.73. The lowest BCUT2D eigenvalue weighted by atomic mass is 10.3. The molecule has 2 rings (SSSR count). The van der Waals surface area contributed by atoms with Gasteiger partial charge in [0.2, 0.25) is 0 Å². The Morgan fingerprint density at radius 2 is 2.50 bits per heavy atom. The van der Waals surface area contributed by atoms with E-state index in [1.807, 2.05) is 18.6 Å². The topological polar surface area (TPSA) is 54.5 Å². The van der Waals surface area contributed by atoms with Gasteiger partial charge in [0, 0.05) is 24.2 Å². The lowest BCUT2D eigenvalue weighted by Gasteiger charge is -1.86. The van der Waals surface area contributed by atoms with E-state index in [9.17, 15) is 0 Å². The second-order valence-electron chi connectivity index (χ2n) is 2.86. The fraction of sp³-hybridized carbons (Fsp3) is 0.222. The predicted molar refractivity (Wildman–Crippen MR) is 53.6 cm³/mol. The molecule has 4 nitrogen and oxygen atoms in total. The van der Waals surface area contributed by atoms with Gasteiger partial charge in [-0.05, 0) is 0 Å². The van der Waals surface area contributed by atoms with Crippen LogP contribution in [0, 0.1) is 11.3 Å². The Hall–Kier alpha value is -1.67. The van der Waals surface area contributed by atoms with E-state index in [1.165, 1.54) is 11.3 Å². The Labute approximate surface area is 85.4 Å². The highest BCUT2D eigenvalue weighted by Crippen LogP contribution is 2.20. The van der Waals surface area contributed by atoms with Gasteiger partial charge in [-0.2, -0.15) is 10.4 Å². The Kier molecular flexibility index (Phi) is 2.29. The lowest BCUT2D eigenvalue weighted by molar-refractivity contribution is 0.768. The maximum Gasteiger partial charge on any atom is 0.107 e. The van der Waals surface area contributed by atoms with Crippen LogP contribution >= 0.6 is 11.3 Å². The van der Waals surface area contributed by atoms with Crippen molar-refractivity contribution in [2.24, 2.45) is 7.05 Å². The van der Waals surface area contributed by atoms with Crippen molar-refractivity contribution in [1.82, 2.24) is 14.8 Å². The van der Waals surface area contributed by atoms with Crippen LogP contribution in [0.2, 0.25) is 0 Å². The average Bonchev–Trinajstić information content (AvgIpc) is 2.74. The predicted octanol–water partition coefficient (Wildman–Crippen LogP) is 1.61. The molecule has 0 unspecified atom stereocenters. The van der Waals surface area contributed by atoms with Crippen LogP contribution in [0.4, 0.5) is 0 Å². The van der Waals surface area contributed by atoms with Crippen LogP contribution in [-0.2, 0) is 13.5 Å². The van der Waals surface area contributed by atoms with Gasteiger partial charge < -0.3 is 0 Å². The lowest BCUT2D eigenvalue weighted by Crippen LogP contribution is -1.84. The van der Waals surface area contributed by atoms with E-state index in [0.29, 0.717) is 6.42 Å². The van der Waals surface area contributed by atoms with Crippen LogP contribution in [0.15, 0.2) is 17.8 Å². The number of aryl methyl sites for hydroxylation is 1. The van der Waals surface area contributed by atoms with Gasteiger partial charge in [-0.15, -0.1) is 11.3 Å². The van der Waals surface area contributed by atoms with Crippen LogP contribution in [-0.4, -0.2) is 14.8 Å². The fourth-order valence-corrected chi connectivity index (χ4v) is 1.88. The monoisotopic (exact) mass is 204 g/mol. The summed E-state index contributed by atoms with van der Waals surface area (Å²) in [7, 11) is 1.87. The number of hydrogen-bond acceptors (Lipinski definition) is 4. The van der Waals surface area contributed by atoms with Crippen molar-refractivity contribution < 1.29 is 0 Å². The molecule has 0 saturated heterocycles. The largest absolute Gasteiger partial charge is 0.275 e. The number of nitriles is 1. The molecule has 0 bridgehead atoms. The third-order valence-electron chi connectivity index (χ3n) is 1.78. The molecule has 0 N–H and O–H groups in total. The molecule has 0 aliphatic carbocycles. The minimum Gasteiger partial charge on any atom is -0.275 e. The minimum atomic E-state index is 0.380. The number of thiazole rings is 1. The number of rotatable bonds is 2. The molecular weight excluding hydrogens is 196 g/mol. The molecule has 2 aromatic rings. The summed E-state index contributed by atoms with van der Waals surface area (Å²) in [5.41, 5.74) is 1.89. The van der Waals surface area contributed by atoms with Crippen molar-refractivity contribution >= 4 is 11.3 Å². The van der Waals surface area contributed by atoms with Crippen molar-refractivity contribution in [3.63, 3.8) is 0 Å². The molecule has 0 aromatic carbocycles. The molecule has 2 heterocycles. The van der Waals surface area contributed by atoms with Crippen LogP contribution in [0.3, 0.4) is 0 Å². The number of nitrogens with zero attached hydrogens (tertiary/aromatic N) is 4. The molecule has 0 atom stereocenters. The van der Waals surface area contributed by atoms with Gasteiger partial charge in [0.15, 0.2) is 0 Å². The van der Waals surface area contributed by atoms with Crippen LogP contribution < -0.4 is 0 Å². The summed E-state index contributed by atoms with van der Waals surface area (Å²) in [6.45, 7) is 0. The molecule has 0 aliphatic rings.